The molecule has 2 unspecified atom stereocenters. The predicted octanol–water partition coefficient (Wildman–Crippen LogP) is 5.57. The number of ether oxygens (including phenoxy) is 2. The van der Waals surface area contributed by atoms with Gasteiger partial charge in [-0.15, -0.1) is 0 Å². The normalized spacial score (nSPS) is 23.6. The molecule has 5 nitrogen and oxygen atoms in total. The maximum Gasteiger partial charge on any atom is 0.246 e. The van der Waals surface area contributed by atoms with Gasteiger partial charge in [-0.3, -0.25) is 4.79 Å². The van der Waals surface area contributed by atoms with E-state index < -0.39 is 0 Å². The van der Waals surface area contributed by atoms with Gasteiger partial charge >= 0.3 is 0 Å². The van der Waals surface area contributed by atoms with Crippen LogP contribution < -0.4 is 9.47 Å². The summed E-state index contributed by atoms with van der Waals surface area (Å²) in [4.78, 5) is 13.3. The van der Waals surface area contributed by atoms with Crippen molar-refractivity contribution in [1.82, 2.24) is 5.01 Å². The second-order valence-electron chi connectivity index (χ2n) is 9.25. The maximum atomic E-state index is 13.3. The molecule has 2 fully saturated rings. The highest BCUT2D eigenvalue weighted by Crippen LogP contribution is 2.40. The van der Waals surface area contributed by atoms with Crippen LogP contribution in [-0.4, -0.2) is 29.8 Å². The van der Waals surface area contributed by atoms with Crippen LogP contribution in [0, 0.1) is 11.8 Å². The van der Waals surface area contributed by atoms with E-state index in [1.807, 2.05) is 42.5 Å². The molecule has 2 aromatic rings. The van der Waals surface area contributed by atoms with Crippen LogP contribution in [0.4, 0.5) is 0 Å². The zero-order valence-electron chi connectivity index (χ0n) is 18.8. The lowest BCUT2D eigenvalue weighted by molar-refractivity contribution is -0.139. The van der Waals surface area contributed by atoms with E-state index in [0.717, 1.165) is 66.9 Å². The molecular formula is C27H32N2O3. The molecule has 2 aliphatic carbocycles. The second kappa shape index (κ2) is 9.35. The summed E-state index contributed by atoms with van der Waals surface area (Å²) in [7, 11) is 1.69. The fraction of sp³-hybridized carbons (Fsp3) is 0.481. The standard InChI is InChI=1S/C27H32N2O3/c1-31-25-17-20(15-16-24(25)32-21-11-5-6-12-21)26-22-13-7-8-14-23(22)27(30)29(28-26)18-19-9-3-2-4-10-19/h2-4,9-10,15-17,21-23H,5-8,11-14,18H2,1H3. The number of hydrogen-bond acceptors (Lipinski definition) is 4. The van der Waals surface area contributed by atoms with E-state index in [1.54, 1.807) is 12.1 Å². The van der Waals surface area contributed by atoms with Crippen molar-refractivity contribution < 1.29 is 14.3 Å². The van der Waals surface area contributed by atoms with Gasteiger partial charge in [0.15, 0.2) is 11.5 Å². The monoisotopic (exact) mass is 432 g/mol. The first kappa shape index (κ1) is 21.0. The summed E-state index contributed by atoms with van der Waals surface area (Å²) in [5.74, 6) is 1.90. The first-order chi connectivity index (χ1) is 15.7. The van der Waals surface area contributed by atoms with Gasteiger partial charge in [0.05, 0.1) is 25.5 Å². The number of hydrazone groups is 1. The number of amides is 1. The Morgan fingerprint density at radius 3 is 2.38 bits per heavy atom. The molecule has 0 radical (unpaired) electrons. The van der Waals surface area contributed by atoms with E-state index in [-0.39, 0.29) is 23.8 Å². The number of rotatable bonds is 6. The molecule has 5 heteroatoms. The quantitative estimate of drug-likeness (QED) is 0.600. The van der Waals surface area contributed by atoms with Crippen molar-refractivity contribution in [2.24, 2.45) is 16.9 Å². The van der Waals surface area contributed by atoms with Gasteiger partial charge < -0.3 is 9.47 Å². The first-order valence-corrected chi connectivity index (χ1v) is 12.0. The molecule has 0 bridgehead atoms. The van der Waals surface area contributed by atoms with E-state index in [9.17, 15) is 4.79 Å². The molecule has 32 heavy (non-hydrogen) atoms. The van der Waals surface area contributed by atoms with E-state index in [1.165, 1.54) is 12.8 Å². The lowest BCUT2D eigenvalue weighted by Crippen LogP contribution is -2.45. The summed E-state index contributed by atoms with van der Waals surface area (Å²) < 4.78 is 11.9. The Hall–Kier alpha value is -2.82. The fourth-order valence-corrected chi connectivity index (χ4v) is 5.45. The third-order valence-electron chi connectivity index (χ3n) is 7.15. The van der Waals surface area contributed by atoms with Gasteiger partial charge in [0.1, 0.15) is 0 Å². The zero-order chi connectivity index (χ0) is 21.9. The van der Waals surface area contributed by atoms with Crippen molar-refractivity contribution in [2.45, 2.75) is 64.0 Å². The van der Waals surface area contributed by atoms with Gasteiger partial charge in [-0.2, -0.15) is 5.10 Å². The molecule has 0 spiro atoms. The number of hydrogen-bond donors (Lipinski definition) is 0. The Balaban J connectivity index is 1.47. The predicted molar refractivity (Wildman–Crippen MR) is 125 cm³/mol. The summed E-state index contributed by atoms with van der Waals surface area (Å²) in [5, 5.41) is 6.61. The average Bonchev–Trinajstić information content (AvgIpc) is 3.35. The Kier molecular flexibility index (Phi) is 6.15. The molecule has 2 saturated carbocycles. The van der Waals surface area contributed by atoms with Crippen molar-refractivity contribution in [1.29, 1.82) is 0 Å². The van der Waals surface area contributed by atoms with Gasteiger partial charge in [-0.05, 0) is 62.3 Å². The second-order valence-corrected chi connectivity index (χ2v) is 9.25. The Morgan fingerprint density at radius 2 is 1.62 bits per heavy atom. The minimum Gasteiger partial charge on any atom is -0.493 e. The minimum absolute atomic E-state index is 0.0142. The lowest BCUT2D eigenvalue weighted by atomic mass is 9.73. The number of benzene rings is 2. The molecule has 2 aromatic carbocycles. The van der Waals surface area contributed by atoms with Gasteiger partial charge in [0, 0.05) is 17.4 Å². The molecule has 2 atom stereocenters. The summed E-state index contributed by atoms with van der Waals surface area (Å²) >= 11 is 0. The maximum absolute atomic E-state index is 13.3. The topological polar surface area (TPSA) is 51.1 Å². The Bertz CT molecular complexity index is 982. The molecule has 0 aromatic heterocycles. The van der Waals surface area contributed by atoms with Crippen LogP contribution in [0.5, 0.6) is 11.5 Å². The van der Waals surface area contributed by atoms with Gasteiger partial charge in [0.25, 0.3) is 0 Å². The van der Waals surface area contributed by atoms with Crippen LogP contribution >= 0.6 is 0 Å². The van der Waals surface area contributed by atoms with Crippen LogP contribution in [0.15, 0.2) is 53.6 Å². The molecule has 0 N–H and O–H groups in total. The number of methoxy groups -OCH3 is 1. The number of fused-ring (bicyclic) bond motifs is 1. The molecule has 1 aliphatic heterocycles. The smallest absolute Gasteiger partial charge is 0.246 e. The zero-order valence-corrected chi connectivity index (χ0v) is 18.8. The largest absolute Gasteiger partial charge is 0.493 e. The Labute approximate surface area is 190 Å². The SMILES string of the molecule is COc1cc(C2=NN(Cc3ccccc3)C(=O)C3CCCCC23)ccc1OC1CCCC1. The third-order valence-corrected chi connectivity index (χ3v) is 7.15. The van der Waals surface area contributed by atoms with E-state index in [0.29, 0.717) is 6.54 Å². The Morgan fingerprint density at radius 1 is 0.906 bits per heavy atom. The van der Waals surface area contributed by atoms with Crippen LogP contribution in [0.25, 0.3) is 0 Å². The summed E-state index contributed by atoms with van der Waals surface area (Å²) in [6.07, 6.45) is 9.17. The summed E-state index contributed by atoms with van der Waals surface area (Å²) in [6, 6.07) is 16.3. The van der Waals surface area contributed by atoms with E-state index >= 15 is 0 Å². The number of nitrogens with zero attached hydrogens (tertiary/aromatic N) is 2. The average molecular weight is 433 g/mol. The summed E-state index contributed by atoms with van der Waals surface area (Å²) in [6.45, 7) is 0.506. The highest BCUT2D eigenvalue weighted by atomic mass is 16.5. The van der Waals surface area contributed by atoms with Crippen LogP contribution in [0.3, 0.4) is 0 Å². The van der Waals surface area contributed by atoms with Crippen molar-refractivity contribution in [3.8, 4) is 11.5 Å². The molecule has 168 valence electrons. The van der Waals surface area contributed by atoms with Crippen molar-refractivity contribution in [3.05, 3.63) is 59.7 Å². The number of carbonyl (C=O) groups is 1. The van der Waals surface area contributed by atoms with Gasteiger partial charge in [0.2, 0.25) is 5.91 Å². The van der Waals surface area contributed by atoms with E-state index in [2.05, 4.69) is 6.07 Å². The molecule has 0 saturated heterocycles. The molecule has 1 heterocycles. The molecule has 1 amide bonds. The van der Waals surface area contributed by atoms with Crippen LogP contribution in [0.2, 0.25) is 0 Å². The highest BCUT2D eigenvalue weighted by Gasteiger charge is 2.41. The van der Waals surface area contributed by atoms with E-state index in [4.69, 9.17) is 14.6 Å². The van der Waals surface area contributed by atoms with Crippen molar-refractivity contribution in [2.75, 3.05) is 7.11 Å². The summed E-state index contributed by atoms with van der Waals surface area (Å²) in [5.41, 5.74) is 3.13. The molecule has 5 rings (SSSR count). The minimum atomic E-state index is 0.0142. The number of carbonyl (C=O) groups excluding carboxylic acids is 1. The molecular weight excluding hydrogens is 400 g/mol. The third kappa shape index (κ3) is 4.25. The fourth-order valence-electron chi connectivity index (χ4n) is 5.45. The van der Waals surface area contributed by atoms with Crippen molar-refractivity contribution in [3.63, 3.8) is 0 Å². The van der Waals surface area contributed by atoms with Crippen molar-refractivity contribution >= 4 is 11.6 Å². The highest BCUT2D eigenvalue weighted by molar-refractivity contribution is 6.07. The lowest BCUT2D eigenvalue weighted by Gasteiger charge is -2.38. The van der Waals surface area contributed by atoms with Crippen LogP contribution in [0.1, 0.15) is 62.5 Å². The van der Waals surface area contributed by atoms with Crippen LogP contribution in [-0.2, 0) is 11.3 Å². The van der Waals surface area contributed by atoms with Gasteiger partial charge in [-0.25, -0.2) is 5.01 Å². The van der Waals surface area contributed by atoms with Gasteiger partial charge in [-0.1, -0.05) is 43.2 Å². The first-order valence-electron chi connectivity index (χ1n) is 12.0. The molecule has 3 aliphatic rings.